The number of carboxylic acids is 1. The van der Waals surface area contributed by atoms with Gasteiger partial charge in [0, 0.05) is 6.54 Å². The summed E-state index contributed by atoms with van der Waals surface area (Å²) < 4.78 is 0. The first-order valence-corrected chi connectivity index (χ1v) is 7.72. The predicted octanol–water partition coefficient (Wildman–Crippen LogP) is 2.50. The number of carbonyl (C=O) groups excluding carboxylic acids is 1. The van der Waals surface area contributed by atoms with Crippen LogP contribution in [-0.4, -0.2) is 28.4 Å². The van der Waals surface area contributed by atoms with Crippen molar-refractivity contribution in [3.05, 3.63) is 57.8 Å². The van der Waals surface area contributed by atoms with E-state index in [-0.39, 0.29) is 12.3 Å². The van der Waals surface area contributed by atoms with E-state index in [1.807, 2.05) is 35.0 Å². The van der Waals surface area contributed by atoms with Crippen LogP contribution in [0.3, 0.4) is 0 Å². The Bertz CT molecular complexity index is 666. The molecule has 1 atom stereocenters. The number of thiophene rings is 1. The number of nitrogens with zero attached hydrogens (tertiary/aromatic N) is 1. The maximum absolute atomic E-state index is 12.5. The summed E-state index contributed by atoms with van der Waals surface area (Å²) in [6.07, 6.45) is 0.963. The SMILES string of the molecule is O=C(O)C1c2ccccc2CCN1C(=O)Cc1ccsc1. The van der Waals surface area contributed by atoms with E-state index in [9.17, 15) is 14.7 Å². The van der Waals surface area contributed by atoms with Gasteiger partial charge in [-0.05, 0) is 39.9 Å². The third kappa shape index (κ3) is 2.69. The van der Waals surface area contributed by atoms with Crippen LogP contribution in [0.4, 0.5) is 0 Å². The minimum absolute atomic E-state index is 0.129. The molecule has 1 aromatic carbocycles. The highest BCUT2D eigenvalue weighted by molar-refractivity contribution is 7.08. The number of benzene rings is 1. The van der Waals surface area contributed by atoms with E-state index in [2.05, 4.69) is 0 Å². The van der Waals surface area contributed by atoms with Crippen molar-refractivity contribution in [2.24, 2.45) is 0 Å². The lowest BCUT2D eigenvalue weighted by Gasteiger charge is -2.34. The van der Waals surface area contributed by atoms with Gasteiger partial charge in [0.25, 0.3) is 0 Å². The summed E-state index contributed by atoms with van der Waals surface area (Å²) in [4.78, 5) is 25.6. The van der Waals surface area contributed by atoms with Crippen molar-refractivity contribution in [3.8, 4) is 0 Å². The molecule has 21 heavy (non-hydrogen) atoms. The minimum atomic E-state index is -0.971. The lowest BCUT2D eigenvalue weighted by Crippen LogP contribution is -2.44. The summed E-state index contributed by atoms with van der Waals surface area (Å²) in [7, 11) is 0. The third-order valence-corrected chi connectivity index (χ3v) is 4.51. The zero-order valence-corrected chi connectivity index (χ0v) is 12.2. The summed E-state index contributed by atoms with van der Waals surface area (Å²) >= 11 is 1.54. The molecular weight excluding hydrogens is 286 g/mol. The first-order chi connectivity index (χ1) is 10.2. The summed E-state index contributed by atoms with van der Waals surface area (Å²) in [5, 5.41) is 13.4. The summed E-state index contributed by atoms with van der Waals surface area (Å²) in [6.45, 7) is 0.455. The lowest BCUT2D eigenvalue weighted by molar-refractivity contribution is -0.151. The van der Waals surface area contributed by atoms with Gasteiger partial charge in [-0.15, -0.1) is 0 Å². The van der Waals surface area contributed by atoms with E-state index in [1.165, 1.54) is 16.2 Å². The Morgan fingerprint density at radius 1 is 1.29 bits per heavy atom. The quantitative estimate of drug-likeness (QED) is 0.947. The number of hydrogen-bond acceptors (Lipinski definition) is 3. The molecule has 0 spiro atoms. The number of hydrogen-bond donors (Lipinski definition) is 1. The fourth-order valence-corrected chi connectivity index (χ4v) is 3.44. The topological polar surface area (TPSA) is 57.6 Å². The van der Waals surface area contributed by atoms with Gasteiger partial charge < -0.3 is 10.0 Å². The highest BCUT2D eigenvalue weighted by Gasteiger charge is 2.35. The lowest BCUT2D eigenvalue weighted by atomic mass is 9.92. The van der Waals surface area contributed by atoms with E-state index < -0.39 is 12.0 Å². The molecule has 1 unspecified atom stereocenters. The van der Waals surface area contributed by atoms with E-state index >= 15 is 0 Å². The molecule has 1 aliphatic heterocycles. The Balaban J connectivity index is 1.88. The van der Waals surface area contributed by atoms with Gasteiger partial charge in [0.05, 0.1) is 6.42 Å². The van der Waals surface area contributed by atoms with Gasteiger partial charge in [0.1, 0.15) is 0 Å². The number of fused-ring (bicyclic) bond motifs is 1. The van der Waals surface area contributed by atoms with Crippen LogP contribution in [-0.2, 0) is 22.4 Å². The highest BCUT2D eigenvalue weighted by atomic mass is 32.1. The largest absolute Gasteiger partial charge is 0.479 e. The molecule has 2 aromatic rings. The van der Waals surface area contributed by atoms with Crippen molar-refractivity contribution in [3.63, 3.8) is 0 Å². The first-order valence-electron chi connectivity index (χ1n) is 6.78. The molecule has 0 bridgehead atoms. The number of carboxylic acid groups (broad SMARTS) is 1. The molecule has 108 valence electrons. The standard InChI is InChI=1S/C16H15NO3S/c18-14(9-11-6-8-21-10-11)17-7-5-12-3-1-2-4-13(12)15(17)16(19)20/h1-4,6,8,10,15H,5,7,9H2,(H,19,20). The molecule has 2 heterocycles. The van der Waals surface area contributed by atoms with Crippen LogP contribution >= 0.6 is 11.3 Å². The Kier molecular flexibility index (Phi) is 3.75. The Labute approximate surface area is 126 Å². The summed E-state index contributed by atoms with van der Waals surface area (Å²) in [5.41, 5.74) is 2.69. The number of amides is 1. The van der Waals surface area contributed by atoms with Crippen molar-refractivity contribution < 1.29 is 14.7 Å². The number of rotatable bonds is 3. The van der Waals surface area contributed by atoms with Crippen LogP contribution < -0.4 is 0 Å². The fourth-order valence-electron chi connectivity index (χ4n) is 2.77. The second kappa shape index (κ2) is 5.69. The second-order valence-electron chi connectivity index (χ2n) is 5.09. The molecule has 3 rings (SSSR count). The minimum Gasteiger partial charge on any atom is -0.479 e. The molecule has 0 saturated carbocycles. The fraction of sp³-hybridized carbons (Fsp3) is 0.250. The van der Waals surface area contributed by atoms with Crippen LogP contribution in [0.5, 0.6) is 0 Å². The van der Waals surface area contributed by atoms with E-state index in [4.69, 9.17) is 0 Å². The average Bonchev–Trinajstić information content (AvgIpc) is 2.98. The Hall–Kier alpha value is -2.14. The van der Waals surface area contributed by atoms with Gasteiger partial charge in [-0.3, -0.25) is 4.79 Å². The van der Waals surface area contributed by atoms with Crippen LogP contribution in [0.25, 0.3) is 0 Å². The number of carbonyl (C=O) groups is 2. The first kappa shape index (κ1) is 13.8. The molecule has 4 nitrogen and oxygen atoms in total. The van der Waals surface area contributed by atoms with E-state index in [0.29, 0.717) is 13.0 Å². The molecule has 1 aromatic heterocycles. The average molecular weight is 301 g/mol. The van der Waals surface area contributed by atoms with Gasteiger partial charge in [-0.25, -0.2) is 4.79 Å². The Morgan fingerprint density at radius 2 is 2.10 bits per heavy atom. The normalized spacial score (nSPS) is 17.3. The van der Waals surface area contributed by atoms with Gasteiger partial charge >= 0.3 is 5.97 Å². The van der Waals surface area contributed by atoms with Gasteiger partial charge in [0.2, 0.25) is 5.91 Å². The van der Waals surface area contributed by atoms with Crippen molar-refractivity contribution in [2.45, 2.75) is 18.9 Å². The van der Waals surface area contributed by atoms with Crippen molar-refractivity contribution >= 4 is 23.2 Å². The van der Waals surface area contributed by atoms with Crippen LogP contribution in [0.15, 0.2) is 41.1 Å². The molecule has 1 amide bonds. The predicted molar refractivity (Wildman–Crippen MR) is 80.3 cm³/mol. The van der Waals surface area contributed by atoms with E-state index in [0.717, 1.165) is 16.7 Å². The highest BCUT2D eigenvalue weighted by Crippen LogP contribution is 2.30. The molecule has 0 aliphatic carbocycles. The molecule has 0 fully saturated rings. The summed E-state index contributed by atoms with van der Waals surface area (Å²) in [5.74, 6) is -1.10. The van der Waals surface area contributed by atoms with Gasteiger partial charge in [0.15, 0.2) is 6.04 Å². The van der Waals surface area contributed by atoms with Crippen LogP contribution in [0.2, 0.25) is 0 Å². The summed E-state index contributed by atoms with van der Waals surface area (Å²) in [6, 6.07) is 8.49. The molecular formula is C16H15NO3S. The molecule has 1 aliphatic rings. The maximum Gasteiger partial charge on any atom is 0.331 e. The zero-order valence-electron chi connectivity index (χ0n) is 11.4. The molecule has 0 radical (unpaired) electrons. The molecule has 0 saturated heterocycles. The van der Waals surface area contributed by atoms with Crippen molar-refractivity contribution in [1.82, 2.24) is 4.90 Å². The Morgan fingerprint density at radius 3 is 2.81 bits per heavy atom. The third-order valence-electron chi connectivity index (χ3n) is 3.77. The second-order valence-corrected chi connectivity index (χ2v) is 5.87. The zero-order chi connectivity index (χ0) is 14.8. The van der Waals surface area contributed by atoms with Crippen LogP contribution in [0.1, 0.15) is 22.7 Å². The van der Waals surface area contributed by atoms with Crippen molar-refractivity contribution in [2.75, 3.05) is 6.54 Å². The van der Waals surface area contributed by atoms with Crippen LogP contribution in [0, 0.1) is 0 Å². The van der Waals surface area contributed by atoms with Gasteiger partial charge in [-0.2, -0.15) is 11.3 Å². The van der Waals surface area contributed by atoms with E-state index in [1.54, 1.807) is 6.07 Å². The smallest absolute Gasteiger partial charge is 0.331 e. The number of aliphatic carboxylic acids is 1. The molecule has 1 N–H and O–H groups in total. The maximum atomic E-state index is 12.5. The van der Waals surface area contributed by atoms with Crippen molar-refractivity contribution in [1.29, 1.82) is 0 Å². The monoisotopic (exact) mass is 301 g/mol. The van der Waals surface area contributed by atoms with Gasteiger partial charge in [-0.1, -0.05) is 24.3 Å². The molecule has 5 heteroatoms.